The number of aliphatic hydroxyl groups is 1. The van der Waals surface area contributed by atoms with Crippen LogP contribution in [0.25, 0.3) is 10.8 Å². The Kier molecular flexibility index (Phi) is 5.62. The lowest BCUT2D eigenvalue weighted by atomic mass is 9.91. The highest BCUT2D eigenvalue weighted by Gasteiger charge is 2.53. The van der Waals surface area contributed by atoms with Gasteiger partial charge < -0.3 is 20.1 Å². The summed E-state index contributed by atoms with van der Waals surface area (Å²) in [5, 5.41) is 16.6. The Morgan fingerprint density at radius 3 is 2.58 bits per heavy atom. The molecule has 2 atom stereocenters. The summed E-state index contributed by atoms with van der Waals surface area (Å²) in [7, 11) is 0. The summed E-state index contributed by atoms with van der Waals surface area (Å²) in [6.45, 7) is 1.56. The van der Waals surface area contributed by atoms with E-state index in [9.17, 15) is 19.5 Å². The summed E-state index contributed by atoms with van der Waals surface area (Å²) >= 11 is 0. The molecule has 0 bridgehead atoms. The number of carbonyl (C=O) groups excluding carboxylic acids is 3. The first-order valence-electron chi connectivity index (χ1n) is 12.6. The number of piperidine rings is 1. The number of amides is 2. The molecule has 3 aromatic rings. The van der Waals surface area contributed by atoms with Crippen LogP contribution in [0.4, 0.5) is 5.69 Å². The number of anilines is 1. The van der Waals surface area contributed by atoms with Crippen molar-refractivity contribution >= 4 is 34.6 Å². The maximum Gasteiger partial charge on any atom is 0.264 e. The Morgan fingerprint density at radius 1 is 1.06 bits per heavy atom. The fourth-order valence-corrected chi connectivity index (χ4v) is 6.44. The van der Waals surface area contributed by atoms with Crippen molar-refractivity contribution in [3.05, 3.63) is 77.4 Å². The summed E-state index contributed by atoms with van der Waals surface area (Å²) in [5.41, 5.74) is 1.99. The van der Waals surface area contributed by atoms with Crippen LogP contribution >= 0.6 is 0 Å². The van der Waals surface area contributed by atoms with Gasteiger partial charge in [0.2, 0.25) is 5.91 Å². The number of nitrogens with one attached hydrogen (secondary N) is 1. The normalized spacial score (nSPS) is 23.8. The Balaban J connectivity index is 1.21. The van der Waals surface area contributed by atoms with Crippen LogP contribution in [0.5, 0.6) is 0 Å². The van der Waals surface area contributed by atoms with Crippen molar-refractivity contribution in [3.63, 3.8) is 0 Å². The number of hydrogen-bond acceptors (Lipinski definition) is 5. The summed E-state index contributed by atoms with van der Waals surface area (Å²) in [5.74, 6) is -0.985. The van der Waals surface area contributed by atoms with E-state index < -0.39 is 23.8 Å². The molecule has 0 spiro atoms. The van der Waals surface area contributed by atoms with Gasteiger partial charge in [-0.15, -0.1) is 0 Å². The summed E-state index contributed by atoms with van der Waals surface area (Å²) in [6, 6.07) is 20.5. The van der Waals surface area contributed by atoms with Crippen molar-refractivity contribution in [2.75, 3.05) is 24.5 Å². The van der Waals surface area contributed by atoms with E-state index >= 15 is 0 Å². The predicted octanol–water partition coefficient (Wildman–Crippen LogP) is 2.84. The van der Waals surface area contributed by atoms with Crippen LogP contribution in [0, 0.1) is 0 Å². The van der Waals surface area contributed by atoms with E-state index in [4.69, 9.17) is 0 Å². The first-order chi connectivity index (χ1) is 17.5. The number of benzene rings is 3. The van der Waals surface area contributed by atoms with Crippen molar-refractivity contribution in [2.45, 2.75) is 43.4 Å². The smallest absolute Gasteiger partial charge is 0.264 e. The van der Waals surface area contributed by atoms with Crippen molar-refractivity contribution in [2.24, 2.45) is 0 Å². The van der Waals surface area contributed by atoms with E-state index in [1.165, 1.54) is 21.9 Å². The third-order valence-electron chi connectivity index (χ3n) is 8.08. The molecule has 6 rings (SSSR count). The molecule has 0 radical (unpaired) electrons. The average molecular weight is 484 g/mol. The van der Waals surface area contributed by atoms with Crippen molar-refractivity contribution in [1.82, 2.24) is 10.2 Å². The van der Waals surface area contributed by atoms with Crippen LogP contribution in [-0.2, 0) is 26.4 Å². The molecule has 7 heteroatoms. The zero-order valence-electron chi connectivity index (χ0n) is 20.0. The van der Waals surface area contributed by atoms with Gasteiger partial charge in [0.15, 0.2) is 5.60 Å². The molecule has 1 aliphatic carbocycles. The zero-order chi connectivity index (χ0) is 24.9. The van der Waals surface area contributed by atoms with Crippen LogP contribution in [0.3, 0.4) is 0 Å². The minimum Gasteiger partial charge on any atom is -0.375 e. The van der Waals surface area contributed by atoms with Gasteiger partial charge in [-0.3, -0.25) is 14.5 Å². The summed E-state index contributed by atoms with van der Waals surface area (Å²) in [4.78, 5) is 40.8. The van der Waals surface area contributed by atoms with Gasteiger partial charge in [-0.2, -0.15) is 0 Å². The fraction of sp³-hybridized carbons (Fsp3) is 0.345. The molecule has 2 unspecified atom stereocenters. The number of hydrogen-bond donors (Lipinski definition) is 2. The first-order valence-corrected chi connectivity index (χ1v) is 12.6. The number of likely N-dealkylation sites (tertiary alicyclic amines) is 1. The molecule has 2 heterocycles. The Bertz CT molecular complexity index is 1360. The second-order valence-electron chi connectivity index (χ2n) is 10.0. The van der Waals surface area contributed by atoms with E-state index in [1.54, 1.807) is 17.0 Å². The van der Waals surface area contributed by atoms with Crippen LogP contribution in [0.15, 0.2) is 60.7 Å². The predicted molar refractivity (Wildman–Crippen MR) is 137 cm³/mol. The third-order valence-corrected chi connectivity index (χ3v) is 8.08. The van der Waals surface area contributed by atoms with Gasteiger partial charge in [0, 0.05) is 30.7 Å². The minimum atomic E-state index is -1.93. The van der Waals surface area contributed by atoms with E-state index in [0.717, 1.165) is 32.4 Å². The molecule has 0 aromatic heterocycles. The molecule has 36 heavy (non-hydrogen) atoms. The molecule has 2 aliphatic heterocycles. The quantitative estimate of drug-likeness (QED) is 0.527. The van der Waals surface area contributed by atoms with Crippen LogP contribution in [-0.4, -0.2) is 53.8 Å². The number of carbonyl (C=O) groups is 3. The van der Waals surface area contributed by atoms with E-state index in [2.05, 4.69) is 46.6 Å². The fourth-order valence-electron chi connectivity index (χ4n) is 6.44. The highest BCUT2D eigenvalue weighted by molar-refractivity contribution is 6.09. The molecule has 184 valence electrons. The van der Waals surface area contributed by atoms with Crippen molar-refractivity contribution in [1.29, 1.82) is 0 Å². The van der Waals surface area contributed by atoms with Gasteiger partial charge in [-0.25, -0.2) is 0 Å². The van der Waals surface area contributed by atoms with Gasteiger partial charge in [0.05, 0.1) is 18.7 Å². The zero-order valence-corrected chi connectivity index (χ0v) is 20.0. The molecule has 2 amide bonds. The van der Waals surface area contributed by atoms with Crippen molar-refractivity contribution < 1.29 is 19.5 Å². The lowest BCUT2D eigenvalue weighted by Crippen LogP contribution is -2.51. The average Bonchev–Trinajstić information content (AvgIpc) is 3.38. The second-order valence-corrected chi connectivity index (χ2v) is 10.0. The third kappa shape index (κ3) is 3.53. The van der Waals surface area contributed by atoms with Gasteiger partial charge in [0.25, 0.3) is 5.91 Å². The van der Waals surface area contributed by atoms with E-state index in [-0.39, 0.29) is 12.6 Å². The van der Waals surface area contributed by atoms with Crippen molar-refractivity contribution in [3.8, 4) is 0 Å². The second kappa shape index (κ2) is 8.84. The highest BCUT2D eigenvalue weighted by Crippen LogP contribution is 2.46. The molecule has 2 N–H and O–H groups in total. The van der Waals surface area contributed by atoms with Crippen LogP contribution < -0.4 is 10.2 Å². The number of nitrogens with zero attached hydrogens (tertiary/aromatic N) is 2. The van der Waals surface area contributed by atoms with Crippen LogP contribution in [0.2, 0.25) is 0 Å². The molecule has 3 aromatic carbocycles. The van der Waals surface area contributed by atoms with Gasteiger partial charge >= 0.3 is 0 Å². The maximum atomic E-state index is 13.6. The number of para-hydroxylation sites is 1. The molecule has 1 saturated heterocycles. The molecule has 3 aliphatic rings. The minimum absolute atomic E-state index is 0.0541. The van der Waals surface area contributed by atoms with Crippen LogP contribution in [0.1, 0.15) is 42.0 Å². The van der Waals surface area contributed by atoms with E-state index in [1.807, 2.05) is 12.1 Å². The highest BCUT2D eigenvalue weighted by atomic mass is 16.3. The summed E-state index contributed by atoms with van der Waals surface area (Å²) in [6.07, 6.45) is 2.75. The van der Waals surface area contributed by atoms with Gasteiger partial charge in [-0.1, -0.05) is 54.6 Å². The lowest BCUT2D eigenvalue weighted by molar-refractivity contribution is -0.143. The number of rotatable bonds is 6. The van der Waals surface area contributed by atoms with Gasteiger partial charge in [-0.05, 0) is 47.2 Å². The topological polar surface area (TPSA) is 89.9 Å². The molecule has 1 fully saturated rings. The Hall–Kier alpha value is -3.55. The van der Waals surface area contributed by atoms with E-state index in [0.29, 0.717) is 23.6 Å². The first kappa shape index (κ1) is 22.9. The SMILES string of the molecule is O=CCNC(=O)CC1(O)C(=O)N(C2CCN(C3Cc4cccc5cccc3c45)CC2)c2ccccc21. The monoisotopic (exact) mass is 483 g/mol. The molecular weight excluding hydrogens is 454 g/mol. The number of fused-ring (bicyclic) bond motifs is 1. The summed E-state index contributed by atoms with van der Waals surface area (Å²) < 4.78 is 0. The molecule has 0 saturated carbocycles. The largest absolute Gasteiger partial charge is 0.375 e. The molecular formula is C29H29N3O4. The number of aldehydes is 1. The maximum absolute atomic E-state index is 13.6. The standard InChI is InChI=1S/C29H29N3O4/c33-16-13-30-26(34)18-29(36)23-9-1-2-10-24(23)32(28(29)35)21-11-14-31(15-12-21)25-17-20-7-3-5-19-6-4-8-22(25)27(19)20/h1-10,16,21,25,36H,11-15,17-18H2,(H,30,34). The Labute approximate surface area is 209 Å². The van der Waals surface area contributed by atoms with Gasteiger partial charge in [0.1, 0.15) is 6.29 Å². The molecule has 7 nitrogen and oxygen atoms in total. The lowest BCUT2D eigenvalue weighted by Gasteiger charge is -2.40. The Morgan fingerprint density at radius 2 is 1.81 bits per heavy atom.